The van der Waals surface area contributed by atoms with E-state index in [9.17, 15) is 0 Å². The summed E-state index contributed by atoms with van der Waals surface area (Å²) in [5.41, 5.74) is 0. The zero-order valence-corrected chi connectivity index (χ0v) is 13.5. The van der Waals surface area contributed by atoms with Crippen LogP contribution in [0.4, 0.5) is 0 Å². The molecule has 0 unspecified atom stereocenters. The third kappa shape index (κ3) is 4.73. The van der Waals surface area contributed by atoms with Crippen LogP contribution in [-0.2, 0) is 6.54 Å². The van der Waals surface area contributed by atoms with Gasteiger partial charge in [0.15, 0.2) is 0 Å². The van der Waals surface area contributed by atoms with Gasteiger partial charge in [-0.2, -0.15) is 11.8 Å². The van der Waals surface area contributed by atoms with Crippen molar-refractivity contribution >= 4 is 50.6 Å². The highest BCUT2D eigenvalue weighted by Crippen LogP contribution is 2.31. The fourth-order valence-corrected chi connectivity index (χ4v) is 4.49. The van der Waals surface area contributed by atoms with Gasteiger partial charge < -0.3 is 10.2 Å². The predicted octanol–water partition coefficient (Wildman–Crippen LogP) is 3.30. The van der Waals surface area contributed by atoms with E-state index in [2.05, 4.69) is 44.0 Å². The number of halogens is 2. The predicted molar refractivity (Wildman–Crippen MR) is 82.5 cm³/mol. The van der Waals surface area contributed by atoms with E-state index >= 15 is 0 Å². The molecule has 1 aromatic heterocycles. The van der Waals surface area contributed by atoms with Crippen molar-refractivity contribution < 1.29 is 0 Å². The van der Waals surface area contributed by atoms with Gasteiger partial charge in [0.05, 0.1) is 0 Å². The van der Waals surface area contributed by atoms with Crippen molar-refractivity contribution in [3.8, 4) is 0 Å². The first-order valence-electron chi connectivity index (χ1n) is 5.70. The fraction of sp³-hybridized carbons (Fsp3) is 0.636. The summed E-state index contributed by atoms with van der Waals surface area (Å²) in [5.74, 6) is 2.57. The summed E-state index contributed by atoms with van der Waals surface area (Å²) in [7, 11) is 0. The molecule has 2 nitrogen and oxygen atoms in total. The van der Waals surface area contributed by atoms with Crippen LogP contribution in [0.3, 0.4) is 0 Å². The Balaban J connectivity index is 1.62. The SMILES string of the molecule is Clc1sc(CNCCN2CCSCC2)cc1Br. The summed E-state index contributed by atoms with van der Waals surface area (Å²) in [4.78, 5) is 3.82. The van der Waals surface area contributed by atoms with Crippen molar-refractivity contribution in [3.05, 3.63) is 19.8 Å². The van der Waals surface area contributed by atoms with E-state index in [1.54, 1.807) is 11.3 Å². The van der Waals surface area contributed by atoms with Crippen molar-refractivity contribution in [3.63, 3.8) is 0 Å². The Morgan fingerprint density at radius 2 is 2.18 bits per heavy atom. The number of nitrogens with one attached hydrogen (secondary N) is 1. The van der Waals surface area contributed by atoms with Crippen LogP contribution in [0.2, 0.25) is 4.34 Å². The topological polar surface area (TPSA) is 15.3 Å². The average Bonchev–Trinajstić information content (AvgIpc) is 2.66. The van der Waals surface area contributed by atoms with Gasteiger partial charge in [-0.1, -0.05) is 11.6 Å². The highest BCUT2D eigenvalue weighted by atomic mass is 79.9. The summed E-state index contributed by atoms with van der Waals surface area (Å²) < 4.78 is 1.85. The molecule has 0 aromatic carbocycles. The summed E-state index contributed by atoms with van der Waals surface area (Å²) in [6.45, 7) is 5.60. The largest absolute Gasteiger partial charge is 0.311 e. The second kappa shape index (κ2) is 7.36. The third-order valence-corrected chi connectivity index (χ3v) is 6.12. The molecule has 0 spiro atoms. The van der Waals surface area contributed by atoms with E-state index in [0.29, 0.717) is 0 Å². The highest BCUT2D eigenvalue weighted by molar-refractivity contribution is 9.10. The van der Waals surface area contributed by atoms with Crippen LogP contribution in [0.1, 0.15) is 4.88 Å². The molecule has 2 rings (SSSR count). The Kier molecular flexibility index (Phi) is 6.13. The summed E-state index contributed by atoms with van der Waals surface area (Å²) in [6.07, 6.45) is 0. The zero-order valence-electron chi connectivity index (χ0n) is 9.55. The van der Waals surface area contributed by atoms with E-state index in [1.807, 2.05) is 0 Å². The Morgan fingerprint density at radius 3 is 2.82 bits per heavy atom. The van der Waals surface area contributed by atoms with E-state index in [4.69, 9.17) is 11.6 Å². The number of hydrogen-bond donors (Lipinski definition) is 1. The molecule has 0 radical (unpaired) electrons. The normalized spacial score (nSPS) is 17.5. The van der Waals surface area contributed by atoms with Crippen LogP contribution < -0.4 is 5.32 Å². The third-order valence-electron chi connectivity index (χ3n) is 2.70. The lowest BCUT2D eigenvalue weighted by Crippen LogP contribution is -2.37. The first kappa shape index (κ1) is 14.2. The van der Waals surface area contributed by atoms with E-state index < -0.39 is 0 Å². The number of nitrogens with zero attached hydrogens (tertiary/aromatic N) is 1. The van der Waals surface area contributed by atoms with Gasteiger partial charge in [0.25, 0.3) is 0 Å². The molecule has 1 aliphatic rings. The van der Waals surface area contributed by atoms with Crippen LogP contribution in [0, 0.1) is 0 Å². The van der Waals surface area contributed by atoms with Crippen molar-refractivity contribution in [2.45, 2.75) is 6.54 Å². The van der Waals surface area contributed by atoms with Crippen molar-refractivity contribution in [2.24, 2.45) is 0 Å². The molecule has 0 aliphatic carbocycles. The number of rotatable bonds is 5. The fourth-order valence-electron chi connectivity index (χ4n) is 1.75. The van der Waals surface area contributed by atoms with Crippen LogP contribution >= 0.6 is 50.6 Å². The lowest BCUT2D eigenvalue weighted by molar-refractivity contribution is 0.301. The summed E-state index contributed by atoms with van der Waals surface area (Å²) in [6, 6.07) is 2.09. The van der Waals surface area contributed by atoms with Gasteiger partial charge in [-0.25, -0.2) is 0 Å². The molecule has 1 saturated heterocycles. The Morgan fingerprint density at radius 1 is 1.41 bits per heavy atom. The molecule has 1 N–H and O–H groups in total. The van der Waals surface area contributed by atoms with Gasteiger partial charge in [0.1, 0.15) is 4.34 Å². The van der Waals surface area contributed by atoms with Crippen LogP contribution in [0.5, 0.6) is 0 Å². The lowest BCUT2D eigenvalue weighted by Gasteiger charge is -2.25. The standard InChI is InChI=1S/C11H16BrClN2S2/c12-10-7-9(17-11(10)13)8-14-1-2-15-3-5-16-6-4-15/h7,14H,1-6,8H2. The molecule has 1 aliphatic heterocycles. The van der Waals surface area contributed by atoms with E-state index in [0.717, 1.165) is 28.4 Å². The molecular weight excluding hydrogens is 340 g/mol. The van der Waals surface area contributed by atoms with E-state index in [-0.39, 0.29) is 0 Å². The maximum absolute atomic E-state index is 6.00. The highest BCUT2D eigenvalue weighted by Gasteiger charge is 2.09. The van der Waals surface area contributed by atoms with Gasteiger partial charge >= 0.3 is 0 Å². The first-order valence-corrected chi connectivity index (χ1v) is 8.84. The molecule has 0 atom stereocenters. The Hall–Kier alpha value is 0.740. The molecule has 1 aromatic rings. The van der Waals surface area contributed by atoms with Gasteiger partial charge in [-0.05, 0) is 22.0 Å². The molecule has 1 fully saturated rings. The molecule has 96 valence electrons. The second-order valence-corrected chi connectivity index (χ2v) is 7.78. The average molecular weight is 356 g/mol. The minimum Gasteiger partial charge on any atom is -0.311 e. The maximum atomic E-state index is 6.00. The number of thiophene rings is 1. The van der Waals surface area contributed by atoms with Crippen molar-refractivity contribution in [1.29, 1.82) is 0 Å². The maximum Gasteiger partial charge on any atom is 0.107 e. The second-order valence-electron chi connectivity index (χ2n) is 3.97. The number of thioether (sulfide) groups is 1. The molecule has 0 amide bonds. The smallest absolute Gasteiger partial charge is 0.107 e. The van der Waals surface area contributed by atoms with Gasteiger partial charge in [-0.3, -0.25) is 0 Å². The minimum absolute atomic E-state index is 0.842. The summed E-state index contributed by atoms with van der Waals surface area (Å²) >= 11 is 13.1. The minimum atomic E-state index is 0.842. The molecule has 17 heavy (non-hydrogen) atoms. The molecular formula is C11H16BrClN2S2. The van der Waals surface area contributed by atoms with Crippen LogP contribution in [0.25, 0.3) is 0 Å². The first-order chi connectivity index (χ1) is 8.25. The van der Waals surface area contributed by atoms with Gasteiger partial charge in [-0.15, -0.1) is 11.3 Å². The molecule has 2 heterocycles. The monoisotopic (exact) mass is 354 g/mol. The molecule has 0 bridgehead atoms. The molecule has 0 saturated carbocycles. The van der Waals surface area contributed by atoms with Crippen molar-refractivity contribution in [2.75, 3.05) is 37.7 Å². The van der Waals surface area contributed by atoms with Crippen LogP contribution in [0.15, 0.2) is 10.5 Å². The number of hydrogen-bond acceptors (Lipinski definition) is 4. The van der Waals surface area contributed by atoms with Crippen molar-refractivity contribution in [1.82, 2.24) is 10.2 Å². The Labute approximate surface area is 124 Å². The zero-order chi connectivity index (χ0) is 12.1. The Bertz CT molecular complexity index is 334. The summed E-state index contributed by atoms with van der Waals surface area (Å²) in [5, 5.41) is 3.47. The quantitative estimate of drug-likeness (QED) is 0.816. The van der Waals surface area contributed by atoms with Crippen LogP contribution in [-0.4, -0.2) is 42.6 Å². The lowest BCUT2D eigenvalue weighted by atomic mass is 10.4. The van der Waals surface area contributed by atoms with Gasteiger partial charge in [0, 0.05) is 53.6 Å². The van der Waals surface area contributed by atoms with E-state index in [1.165, 1.54) is 29.5 Å². The molecule has 6 heteroatoms. The van der Waals surface area contributed by atoms with Gasteiger partial charge in [0.2, 0.25) is 0 Å².